The maximum Gasteiger partial charge on any atom is 0.319 e. The van der Waals surface area contributed by atoms with Gasteiger partial charge in [0.1, 0.15) is 0 Å². The van der Waals surface area contributed by atoms with E-state index in [9.17, 15) is 13.2 Å². The number of ether oxygens (including phenoxy) is 1. The summed E-state index contributed by atoms with van der Waals surface area (Å²) in [6.07, 6.45) is 0. The summed E-state index contributed by atoms with van der Waals surface area (Å²) in [5, 5.41) is 5.43. The SMILES string of the molecule is COC[C@@H](C)NC(=O)Nc1ccc(CS(=O)(=O)C(C)(C)C)cc1. The molecule has 1 aromatic carbocycles. The van der Waals surface area contributed by atoms with Crippen LogP contribution in [0.1, 0.15) is 33.3 Å². The molecule has 1 aromatic rings. The van der Waals surface area contributed by atoms with Gasteiger partial charge in [-0.2, -0.15) is 0 Å². The Morgan fingerprint density at radius 3 is 2.26 bits per heavy atom. The van der Waals surface area contributed by atoms with Gasteiger partial charge < -0.3 is 15.4 Å². The van der Waals surface area contributed by atoms with E-state index in [1.807, 2.05) is 6.92 Å². The van der Waals surface area contributed by atoms with Crippen LogP contribution in [0.5, 0.6) is 0 Å². The summed E-state index contributed by atoms with van der Waals surface area (Å²) in [4.78, 5) is 11.8. The summed E-state index contributed by atoms with van der Waals surface area (Å²) < 4.78 is 28.5. The number of amides is 2. The van der Waals surface area contributed by atoms with E-state index in [4.69, 9.17) is 4.74 Å². The molecular formula is C16H26N2O4S. The lowest BCUT2D eigenvalue weighted by Gasteiger charge is -2.19. The molecule has 0 fully saturated rings. The van der Waals surface area contributed by atoms with E-state index in [1.54, 1.807) is 52.1 Å². The van der Waals surface area contributed by atoms with E-state index >= 15 is 0 Å². The standard InChI is InChI=1S/C16H26N2O4S/c1-12(10-22-5)17-15(19)18-14-8-6-13(7-9-14)11-23(20,21)16(2,3)4/h6-9,12H,10-11H2,1-5H3,(H2,17,18,19)/t12-/m1/s1. The predicted octanol–water partition coefficient (Wildman–Crippen LogP) is 2.56. The van der Waals surface area contributed by atoms with Gasteiger partial charge in [-0.1, -0.05) is 12.1 Å². The van der Waals surface area contributed by atoms with Gasteiger partial charge in [-0.25, -0.2) is 13.2 Å². The molecule has 0 spiro atoms. The molecule has 0 unspecified atom stereocenters. The first-order valence-corrected chi connectivity index (χ1v) is 9.08. The number of anilines is 1. The van der Waals surface area contributed by atoms with E-state index in [-0.39, 0.29) is 17.8 Å². The van der Waals surface area contributed by atoms with Crippen LogP contribution in [0.2, 0.25) is 0 Å². The van der Waals surface area contributed by atoms with E-state index < -0.39 is 14.6 Å². The van der Waals surface area contributed by atoms with Crippen molar-refractivity contribution in [3.05, 3.63) is 29.8 Å². The highest BCUT2D eigenvalue weighted by Crippen LogP contribution is 2.21. The largest absolute Gasteiger partial charge is 0.383 e. The van der Waals surface area contributed by atoms with Gasteiger partial charge in [0.25, 0.3) is 0 Å². The number of urea groups is 1. The number of hydrogen-bond donors (Lipinski definition) is 2. The Morgan fingerprint density at radius 1 is 1.22 bits per heavy atom. The summed E-state index contributed by atoms with van der Waals surface area (Å²) in [5.74, 6) is -0.0200. The minimum absolute atomic E-state index is 0.0200. The summed E-state index contributed by atoms with van der Waals surface area (Å²) in [5.41, 5.74) is 1.29. The van der Waals surface area contributed by atoms with Gasteiger partial charge >= 0.3 is 6.03 Å². The van der Waals surface area contributed by atoms with Gasteiger partial charge in [0.15, 0.2) is 9.84 Å². The average molecular weight is 342 g/mol. The van der Waals surface area contributed by atoms with Crippen molar-refractivity contribution in [3.63, 3.8) is 0 Å². The van der Waals surface area contributed by atoms with Crippen molar-refractivity contribution in [2.45, 2.75) is 44.2 Å². The first-order chi connectivity index (χ1) is 10.5. The van der Waals surface area contributed by atoms with Crippen molar-refractivity contribution < 1.29 is 17.9 Å². The van der Waals surface area contributed by atoms with Gasteiger partial charge in [-0.3, -0.25) is 0 Å². The van der Waals surface area contributed by atoms with Crippen LogP contribution in [0.3, 0.4) is 0 Å². The molecule has 0 aromatic heterocycles. The van der Waals surface area contributed by atoms with Crippen molar-refractivity contribution >= 4 is 21.6 Å². The van der Waals surface area contributed by atoms with Gasteiger partial charge in [0.05, 0.1) is 23.1 Å². The Bertz CT molecular complexity index is 618. The number of benzene rings is 1. The first-order valence-electron chi connectivity index (χ1n) is 7.43. The topological polar surface area (TPSA) is 84.5 Å². The van der Waals surface area contributed by atoms with Crippen LogP contribution in [0, 0.1) is 0 Å². The maximum absolute atomic E-state index is 12.2. The number of rotatable bonds is 6. The number of nitrogens with one attached hydrogen (secondary N) is 2. The molecule has 7 heteroatoms. The minimum atomic E-state index is -3.22. The molecule has 0 heterocycles. The van der Waals surface area contributed by atoms with Crippen LogP contribution in [-0.4, -0.2) is 39.0 Å². The molecule has 1 atom stereocenters. The fourth-order valence-electron chi connectivity index (χ4n) is 1.80. The quantitative estimate of drug-likeness (QED) is 0.832. The van der Waals surface area contributed by atoms with Crippen LogP contribution in [0.4, 0.5) is 10.5 Å². The third-order valence-electron chi connectivity index (χ3n) is 3.30. The van der Waals surface area contributed by atoms with Crippen molar-refractivity contribution in [2.24, 2.45) is 0 Å². The Labute approximate surface area is 138 Å². The van der Waals surface area contributed by atoms with Crippen LogP contribution in [0.25, 0.3) is 0 Å². The molecule has 0 bridgehead atoms. The number of carbonyl (C=O) groups excluding carboxylic acids is 1. The zero-order valence-electron chi connectivity index (χ0n) is 14.3. The molecule has 0 saturated carbocycles. The van der Waals surface area contributed by atoms with Crippen LogP contribution in [-0.2, 0) is 20.3 Å². The Kier molecular flexibility index (Phi) is 6.58. The highest BCUT2D eigenvalue weighted by atomic mass is 32.2. The molecular weight excluding hydrogens is 316 g/mol. The minimum Gasteiger partial charge on any atom is -0.383 e. The van der Waals surface area contributed by atoms with Gasteiger partial charge in [0.2, 0.25) is 0 Å². The molecule has 1 rings (SSSR count). The molecule has 0 aliphatic rings. The van der Waals surface area contributed by atoms with Gasteiger partial charge in [-0.15, -0.1) is 0 Å². The lowest BCUT2D eigenvalue weighted by atomic mass is 10.2. The highest BCUT2D eigenvalue weighted by Gasteiger charge is 2.28. The van der Waals surface area contributed by atoms with Crippen LogP contribution >= 0.6 is 0 Å². The molecule has 2 amide bonds. The number of methoxy groups -OCH3 is 1. The third-order valence-corrected chi connectivity index (χ3v) is 5.88. The summed E-state index contributed by atoms with van der Waals surface area (Å²) in [6, 6.07) is 6.36. The van der Waals surface area contributed by atoms with Gasteiger partial charge in [0, 0.05) is 12.8 Å². The molecule has 2 N–H and O–H groups in total. The predicted molar refractivity (Wildman–Crippen MR) is 92.3 cm³/mol. The molecule has 23 heavy (non-hydrogen) atoms. The summed E-state index contributed by atoms with van der Waals surface area (Å²) in [6.45, 7) is 7.32. The van der Waals surface area contributed by atoms with E-state index in [1.165, 1.54) is 0 Å². The second kappa shape index (κ2) is 7.79. The number of hydrogen-bond acceptors (Lipinski definition) is 4. The first kappa shape index (κ1) is 19.4. The van der Waals surface area contributed by atoms with Crippen molar-refractivity contribution in [3.8, 4) is 0 Å². The molecule has 0 aliphatic heterocycles. The third kappa shape index (κ3) is 6.19. The number of carbonyl (C=O) groups is 1. The monoisotopic (exact) mass is 342 g/mol. The Hall–Kier alpha value is -1.60. The Morgan fingerprint density at radius 2 is 1.78 bits per heavy atom. The summed E-state index contributed by atoms with van der Waals surface area (Å²) in [7, 11) is -1.65. The van der Waals surface area contributed by atoms with Crippen molar-refractivity contribution in [2.75, 3.05) is 19.0 Å². The normalized spacial score (nSPS) is 13.4. The second-order valence-corrected chi connectivity index (χ2v) is 9.27. The lowest BCUT2D eigenvalue weighted by molar-refractivity contribution is 0.173. The average Bonchev–Trinajstić information content (AvgIpc) is 2.39. The van der Waals surface area contributed by atoms with E-state index in [0.717, 1.165) is 0 Å². The summed E-state index contributed by atoms with van der Waals surface area (Å²) >= 11 is 0. The second-order valence-electron chi connectivity index (χ2n) is 6.52. The maximum atomic E-state index is 12.2. The molecule has 0 saturated heterocycles. The molecule has 0 radical (unpaired) electrons. The fourth-order valence-corrected chi connectivity index (χ4v) is 2.87. The Balaban J connectivity index is 2.66. The molecule has 0 aliphatic carbocycles. The highest BCUT2D eigenvalue weighted by molar-refractivity contribution is 7.91. The van der Waals surface area contributed by atoms with Crippen molar-refractivity contribution in [1.29, 1.82) is 0 Å². The van der Waals surface area contributed by atoms with Crippen LogP contribution in [0.15, 0.2) is 24.3 Å². The van der Waals surface area contributed by atoms with Gasteiger partial charge in [-0.05, 0) is 45.4 Å². The number of sulfone groups is 1. The zero-order chi connectivity index (χ0) is 17.7. The fraction of sp³-hybridized carbons (Fsp3) is 0.562. The zero-order valence-corrected chi connectivity index (χ0v) is 15.2. The smallest absolute Gasteiger partial charge is 0.319 e. The van der Waals surface area contributed by atoms with E-state index in [2.05, 4.69) is 10.6 Å². The molecule has 130 valence electrons. The van der Waals surface area contributed by atoms with Crippen LogP contribution < -0.4 is 10.6 Å². The van der Waals surface area contributed by atoms with Crippen molar-refractivity contribution in [1.82, 2.24) is 5.32 Å². The van der Waals surface area contributed by atoms with E-state index in [0.29, 0.717) is 17.9 Å². The lowest BCUT2D eigenvalue weighted by Crippen LogP contribution is -2.38. The molecule has 6 nitrogen and oxygen atoms in total.